The molecule has 0 radical (unpaired) electrons. The number of alkyl halides is 2. The summed E-state index contributed by atoms with van der Waals surface area (Å²) in [6, 6.07) is 10.5. The van der Waals surface area contributed by atoms with Crippen LogP contribution in [0.15, 0.2) is 42.7 Å². The van der Waals surface area contributed by atoms with Gasteiger partial charge in [-0.3, -0.25) is 14.6 Å². The van der Waals surface area contributed by atoms with Gasteiger partial charge in [0.15, 0.2) is 0 Å². The van der Waals surface area contributed by atoms with E-state index in [0.29, 0.717) is 10.6 Å². The number of hydrogen-bond donors (Lipinski definition) is 1. The number of likely N-dealkylation sites (tertiary alicyclic amines) is 1. The van der Waals surface area contributed by atoms with Gasteiger partial charge in [0.1, 0.15) is 5.54 Å². The van der Waals surface area contributed by atoms with E-state index >= 15 is 0 Å². The molecular formula is C23H21ClF2N4O2. The molecule has 1 aliphatic rings. The molecule has 2 heterocycles. The van der Waals surface area contributed by atoms with Gasteiger partial charge >= 0.3 is 0 Å². The van der Waals surface area contributed by atoms with Gasteiger partial charge in [0, 0.05) is 35.0 Å². The molecule has 1 saturated heterocycles. The summed E-state index contributed by atoms with van der Waals surface area (Å²) < 4.78 is 27.9. The highest BCUT2D eigenvalue weighted by Gasteiger charge is 2.56. The number of rotatable bonds is 6. The summed E-state index contributed by atoms with van der Waals surface area (Å²) in [6.07, 6.45) is 5.78. The smallest absolute Gasteiger partial charge is 0.268 e. The van der Waals surface area contributed by atoms with Crippen LogP contribution in [0.4, 0.5) is 8.78 Å². The van der Waals surface area contributed by atoms with Crippen LogP contribution in [-0.2, 0) is 4.79 Å². The van der Waals surface area contributed by atoms with Crippen LogP contribution in [0.1, 0.15) is 41.3 Å². The van der Waals surface area contributed by atoms with Crippen molar-refractivity contribution in [3.63, 3.8) is 0 Å². The first-order chi connectivity index (χ1) is 15.2. The normalized spacial score (nSPS) is 19.7. The van der Waals surface area contributed by atoms with Gasteiger partial charge in [-0.25, -0.2) is 8.78 Å². The van der Waals surface area contributed by atoms with Crippen molar-refractivity contribution in [1.82, 2.24) is 15.2 Å². The SMILES string of the molecule is CCC1(C#N)CC(F)(F)CN1C(=O)CNC(=O)c1ccncc1/C=C/c1ccc(Cl)cc1. The highest BCUT2D eigenvalue weighted by Crippen LogP contribution is 2.41. The zero-order chi connectivity index (χ0) is 23.4. The molecule has 6 nitrogen and oxygen atoms in total. The monoisotopic (exact) mass is 458 g/mol. The Labute approximate surface area is 189 Å². The van der Waals surface area contributed by atoms with Gasteiger partial charge in [0.25, 0.3) is 11.8 Å². The molecule has 2 amide bonds. The van der Waals surface area contributed by atoms with Crippen molar-refractivity contribution < 1.29 is 18.4 Å². The molecule has 1 unspecified atom stereocenters. The quantitative estimate of drug-likeness (QED) is 0.703. The first-order valence-corrected chi connectivity index (χ1v) is 10.3. The van der Waals surface area contributed by atoms with E-state index in [-0.39, 0.29) is 12.0 Å². The number of nitrogens with one attached hydrogen (secondary N) is 1. The van der Waals surface area contributed by atoms with Crippen molar-refractivity contribution in [2.75, 3.05) is 13.1 Å². The predicted molar refractivity (Wildman–Crippen MR) is 117 cm³/mol. The number of hydrogen-bond acceptors (Lipinski definition) is 4. The van der Waals surface area contributed by atoms with Crippen molar-refractivity contribution in [2.45, 2.75) is 31.2 Å². The summed E-state index contributed by atoms with van der Waals surface area (Å²) in [5.41, 5.74) is 0.0723. The van der Waals surface area contributed by atoms with Gasteiger partial charge < -0.3 is 10.2 Å². The summed E-state index contributed by atoms with van der Waals surface area (Å²) in [5.74, 6) is -4.43. The Bertz CT molecular complexity index is 1080. The highest BCUT2D eigenvalue weighted by molar-refractivity contribution is 6.30. The lowest BCUT2D eigenvalue weighted by atomic mass is 9.94. The van der Waals surface area contributed by atoms with Crippen LogP contribution in [0.25, 0.3) is 12.2 Å². The van der Waals surface area contributed by atoms with Crippen molar-refractivity contribution in [1.29, 1.82) is 5.26 Å². The second-order valence-corrected chi connectivity index (χ2v) is 7.98. The Morgan fingerprint density at radius 2 is 2.00 bits per heavy atom. The fraction of sp³-hybridized carbons (Fsp3) is 0.304. The van der Waals surface area contributed by atoms with Crippen molar-refractivity contribution >= 4 is 35.6 Å². The van der Waals surface area contributed by atoms with Crippen LogP contribution in [0, 0.1) is 11.3 Å². The van der Waals surface area contributed by atoms with E-state index in [2.05, 4.69) is 10.3 Å². The van der Waals surface area contributed by atoms with Gasteiger partial charge in [0.05, 0.1) is 19.2 Å². The lowest BCUT2D eigenvalue weighted by Crippen LogP contribution is -2.49. The van der Waals surface area contributed by atoms with E-state index in [0.717, 1.165) is 10.5 Å². The van der Waals surface area contributed by atoms with E-state index in [4.69, 9.17) is 11.6 Å². The summed E-state index contributed by atoms with van der Waals surface area (Å²) in [7, 11) is 0. The molecule has 1 atom stereocenters. The van der Waals surface area contributed by atoms with E-state index < -0.39 is 42.8 Å². The number of amides is 2. The van der Waals surface area contributed by atoms with Crippen molar-refractivity contribution in [3.05, 3.63) is 64.4 Å². The number of carbonyl (C=O) groups is 2. The topological polar surface area (TPSA) is 86.1 Å². The molecule has 0 spiro atoms. The molecule has 2 aromatic rings. The van der Waals surface area contributed by atoms with Gasteiger partial charge in [-0.1, -0.05) is 42.8 Å². The Morgan fingerprint density at radius 1 is 1.28 bits per heavy atom. The largest absolute Gasteiger partial charge is 0.343 e. The van der Waals surface area contributed by atoms with Crippen LogP contribution in [0.2, 0.25) is 5.02 Å². The minimum atomic E-state index is -3.14. The first kappa shape index (κ1) is 23.4. The average molecular weight is 459 g/mol. The maximum Gasteiger partial charge on any atom is 0.268 e. The minimum absolute atomic E-state index is 0.0722. The van der Waals surface area contributed by atoms with Crippen LogP contribution >= 0.6 is 11.6 Å². The predicted octanol–water partition coefficient (Wildman–Crippen LogP) is 4.18. The molecule has 0 saturated carbocycles. The number of aromatic nitrogens is 1. The van der Waals surface area contributed by atoms with Gasteiger partial charge in [0.2, 0.25) is 5.91 Å². The van der Waals surface area contributed by atoms with Crippen LogP contribution in [0.5, 0.6) is 0 Å². The fourth-order valence-electron chi connectivity index (χ4n) is 3.64. The average Bonchev–Trinajstić information content (AvgIpc) is 3.08. The van der Waals surface area contributed by atoms with Crippen LogP contribution in [0.3, 0.4) is 0 Å². The van der Waals surface area contributed by atoms with E-state index in [9.17, 15) is 23.6 Å². The van der Waals surface area contributed by atoms with Gasteiger partial charge in [-0.05, 0) is 30.2 Å². The third kappa shape index (κ3) is 5.11. The molecular weight excluding hydrogens is 438 g/mol. The Balaban J connectivity index is 1.71. The Kier molecular flexibility index (Phi) is 6.90. The molecule has 9 heteroatoms. The zero-order valence-electron chi connectivity index (χ0n) is 17.3. The molecule has 1 aromatic heterocycles. The lowest BCUT2D eigenvalue weighted by Gasteiger charge is -2.30. The number of carbonyl (C=O) groups excluding carboxylic acids is 2. The molecule has 0 bridgehead atoms. The van der Waals surface area contributed by atoms with E-state index in [1.807, 2.05) is 18.2 Å². The molecule has 1 aliphatic heterocycles. The Morgan fingerprint density at radius 3 is 2.66 bits per heavy atom. The third-order valence-corrected chi connectivity index (χ3v) is 5.63. The van der Waals surface area contributed by atoms with E-state index in [1.165, 1.54) is 18.5 Å². The van der Waals surface area contributed by atoms with Crippen molar-refractivity contribution in [3.8, 4) is 6.07 Å². The summed E-state index contributed by atoms with van der Waals surface area (Å²) >= 11 is 5.88. The van der Waals surface area contributed by atoms with Crippen LogP contribution < -0.4 is 5.32 Å². The summed E-state index contributed by atoms with van der Waals surface area (Å²) in [5, 5.41) is 12.5. The van der Waals surface area contributed by atoms with E-state index in [1.54, 1.807) is 31.2 Å². The number of nitrogens with zero attached hydrogens (tertiary/aromatic N) is 3. The van der Waals surface area contributed by atoms with Crippen LogP contribution in [-0.4, -0.2) is 46.2 Å². The second kappa shape index (κ2) is 9.45. The molecule has 1 fully saturated rings. The highest BCUT2D eigenvalue weighted by atomic mass is 35.5. The molecule has 1 N–H and O–H groups in total. The Hall–Kier alpha value is -3.31. The number of halogens is 3. The zero-order valence-corrected chi connectivity index (χ0v) is 18.1. The maximum absolute atomic E-state index is 13.9. The summed E-state index contributed by atoms with van der Waals surface area (Å²) in [4.78, 5) is 30.2. The first-order valence-electron chi connectivity index (χ1n) is 9.95. The molecule has 0 aliphatic carbocycles. The van der Waals surface area contributed by atoms with Crippen molar-refractivity contribution in [2.24, 2.45) is 0 Å². The molecule has 3 rings (SSSR count). The fourth-order valence-corrected chi connectivity index (χ4v) is 3.76. The second-order valence-electron chi connectivity index (χ2n) is 7.54. The molecule has 1 aromatic carbocycles. The summed E-state index contributed by atoms with van der Waals surface area (Å²) in [6.45, 7) is 0.244. The number of pyridine rings is 1. The molecule has 166 valence electrons. The lowest BCUT2D eigenvalue weighted by molar-refractivity contribution is -0.133. The van der Waals surface area contributed by atoms with Gasteiger partial charge in [-0.15, -0.1) is 0 Å². The minimum Gasteiger partial charge on any atom is -0.343 e. The number of nitriles is 1. The molecule has 32 heavy (non-hydrogen) atoms. The standard InChI is InChI=1S/C23H21ClF2N4O2/c1-2-22(14-27)13-23(25,26)15-30(22)20(31)12-29-21(32)19-9-10-28-11-17(19)6-3-16-4-7-18(24)8-5-16/h3-11H,2,12-13,15H2,1H3,(H,29,32)/b6-3+. The number of benzene rings is 1. The van der Waals surface area contributed by atoms with Gasteiger partial charge in [-0.2, -0.15) is 5.26 Å². The third-order valence-electron chi connectivity index (χ3n) is 5.37. The maximum atomic E-state index is 13.9.